The number of hydrogen-bond donors (Lipinski definition) is 2. The molecule has 0 amide bonds. The molecule has 1 saturated heterocycles. The van der Waals surface area contributed by atoms with Crippen molar-refractivity contribution in [1.29, 1.82) is 0 Å². The standard InChI is InChI=1S/C28H32N4O3S/c36-28(29-13-14-32-15-17-33-18-16-32)31-30-20-25-11-12-26(34-21-23-7-3-1-4-8-23)27(19-25)35-22-24-9-5-2-6-10-24/h1-12,19-20H,13-18,21-22H2,(H2,29,31,36)/b30-20-. The Morgan fingerprint density at radius 3 is 2.19 bits per heavy atom. The predicted octanol–water partition coefficient (Wildman–Crippen LogP) is 3.97. The highest BCUT2D eigenvalue weighted by atomic mass is 32.1. The van der Waals surface area contributed by atoms with Crippen molar-refractivity contribution >= 4 is 23.5 Å². The third-order valence-electron chi connectivity index (χ3n) is 5.64. The van der Waals surface area contributed by atoms with Gasteiger partial charge in [-0.1, -0.05) is 60.7 Å². The van der Waals surface area contributed by atoms with E-state index < -0.39 is 0 Å². The van der Waals surface area contributed by atoms with E-state index in [0.29, 0.717) is 29.8 Å². The second kappa shape index (κ2) is 14.2. The third-order valence-corrected chi connectivity index (χ3v) is 5.87. The molecule has 36 heavy (non-hydrogen) atoms. The monoisotopic (exact) mass is 504 g/mol. The first-order valence-corrected chi connectivity index (χ1v) is 12.5. The van der Waals surface area contributed by atoms with Gasteiger partial charge in [-0.15, -0.1) is 0 Å². The van der Waals surface area contributed by atoms with E-state index in [9.17, 15) is 0 Å². The van der Waals surface area contributed by atoms with Crippen molar-refractivity contribution < 1.29 is 14.2 Å². The van der Waals surface area contributed by atoms with Crippen LogP contribution in [0.5, 0.6) is 11.5 Å². The Morgan fingerprint density at radius 1 is 0.889 bits per heavy atom. The summed E-state index contributed by atoms with van der Waals surface area (Å²) in [6, 6.07) is 25.9. The lowest BCUT2D eigenvalue weighted by atomic mass is 10.2. The topological polar surface area (TPSA) is 67.4 Å². The second-order valence-corrected chi connectivity index (χ2v) is 8.74. The molecule has 188 valence electrons. The van der Waals surface area contributed by atoms with Crippen LogP contribution in [0.15, 0.2) is 84.0 Å². The van der Waals surface area contributed by atoms with Gasteiger partial charge in [0.25, 0.3) is 0 Å². The van der Waals surface area contributed by atoms with Crippen molar-refractivity contribution in [3.05, 3.63) is 95.6 Å². The van der Waals surface area contributed by atoms with Gasteiger partial charge in [-0.3, -0.25) is 10.3 Å². The molecule has 3 aromatic rings. The van der Waals surface area contributed by atoms with Gasteiger partial charge in [0.1, 0.15) is 13.2 Å². The normalized spacial score (nSPS) is 13.9. The van der Waals surface area contributed by atoms with Crippen LogP contribution in [0, 0.1) is 0 Å². The zero-order valence-corrected chi connectivity index (χ0v) is 21.1. The molecule has 0 aromatic heterocycles. The smallest absolute Gasteiger partial charge is 0.187 e. The molecular weight excluding hydrogens is 472 g/mol. The van der Waals surface area contributed by atoms with E-state index in [2.05, 4.69) is 20.7 Å². The molecule has 4 rings (SSSR count). The molecule has 1 heterocycles. The van der Waals surface area contributed by atoms with Crippen molar-refractivity contribution in [3.63, 3.8) is 0 Å². The van der Waals surface area contributed by atoms with Crippen LogP contribution < -0.4 is 20.2 Å². The Morgan fingerprint density at radius 2 is 1.53 bits per heavy atom. The number of nitrogens with one attached hydrogen (secondary N) is 2. The first-order valence-electron chi connectivity index (χ1n) is 12.1. The van der Waals surface area contributed by atoms with Crippen molar-refractivity contribution in [3.8, 4) is 11.5 Å². The van der Waals surface area contributed by atoms with E-state index in [0.717, 1.165) is 56.1 Å². The zero-order chi connectivity index (χ0) is 24.8. The highest BCUT2D eigenvalue weighted by Gasteiger charge is 2.10. The summed E-state index contributed by atoms with van der Waals surface area (Å²) in [7, 11) is 0. The van der Waals surface area contributed by atoms with Crippen molar-refractivity contribution in [1.82, 2.24) is 15.6 Å². The van der Waals surface area contributed by atoms with E-state index in [4.69, 9.17) is 26.4 Å². The summed E-state index contributed by atoms with van der Waals surface area (Å²) in [5.74, 6) is 1.34. The molecule has 0 aliphatic carbocycles. The zero-order valence-electron chi connectivity index (χ0n) is 20.3. The summed E-state index contributed by atoms with van der Waals surface area (Å²) in [4.78, 5) is 2.35. The highest BCUT2D eigenvalue weighted by molar-refractivity contribution is 7.80. The van der Waals surface area contributed by atoms with E-state index in [-0.39, 0.29) is 0 Å². The molecule has 0 radical (unpaired) electrons. The van der Waals surface area contributed by atoms with Gasteiger partial charge < -0.3 is 19.5 Å². The van der Waals surface area contributed by atoms with E-state index in [1.165, 1.54) is 0 Å². The second-order valence-electron chi connectivity index (χ2n) is 8.33. The molecule has 0 atom stereocenters. The third kappa shape index (κ3) is 8.64. The maximum atomic E-state index is 6.13. The molecule has 8 heteroatoms. The molecule has 2 N–H and O–H groups in total. The maximum absolute atomic E-state index is 6.13. The lowest BCUT2D eigenvalue weighted by Crippen LogP contribution is -2.42. The number of nitrogens with zero attached hydrogens (tertiary/aromatic N) is 2. The minimum Gasteiger partial charge on any atom is -0.485 e. The van der Waals surface area contributed by atoms with Crippen LogP contribution in [0.3, 0.4) is 0 Å². The van der Waals surface area contributed by atoms with Crippen LogP contribution in [-0.4, -0.2) is 55.6 Å². The number of hydrogen-bond acceptors (Lipinski definition) is 6. The van der Waals surface area contributed by atoms with E-state index >= 15 is 0 Å². The summed E-state index contributed by atoms with van der Waals surface area (Å²) in [5, 5.41) is 7.96. The number of thiocarbonyl (C=S) groups is 1. The van der Waals surface area contributed by atoms with Gasteiger partial charge >= 0.3 is 0 Å². The SMILES string of the molecule is S=C(NCCN1CCOCC1)N/N=C\c1ccc(OCc2ccccc2)c(OCc2ccccc2)c1. The average molecular weight is 505 g/mol. The van der Waals surface area contributed by atoms with Crippen molar-refractivity contribution in [2.75, 3.05) is 39.4 Å². The van der Waals surface area contributed by atoms with Gasteiger partial charge in [0.05, 0.1) is 19.4 Å². The summed E-state index contributed by atoms with van der Waals surface area (Å²) in [6.07, 6.45) is 1.71. The molecule has 0 bridgehead atoms. The van der Waals surface area contributed by atoms with Crippen LogP contribution in [0.1, 0.15) is 16.7 Å². The van der Waals surface area contributed by atoms with Gasteiger partial charge in [-0.2, -0.15) is 5.10 Å². The molecule has 1 fully saturated rings. The number of morpholine rings is 1. The first-order chi connectivity index (χ1) is 17.8. The van der Waals surface area contributed by atoms with E-state index in [1.54, 1.807) is 6.21 Å². The predicted molar refractivity (Wildman–Crippen MR) is 147 cm³/mol. The quantitative estimate of drug-likeness (QED) is 0.233. The summed E-state index contributed by atoms with van der Waals surface area (Å²) in [5.41, 5.74) is 5.93. The van der Waals surface area contributed by atoms with Gasteiger partial charge in [0.2, 0.25) is 0 Å². The van der Waals surface area contributed by atoms with Crippen molar-refractivity contribution in [2.24, 2.45) is 5.10 Å². The fourth-order valence-corrected chi connectivity index (χ4v) is 3.82. The minimum absolute atomic E-state index is 0.443. The number of ether oxygens (including phenoxy) is 3. The largest absolute Gasteiger partial charge is 0.485 e. The maximum Gasteiger partial charge on any atom is 0.187 e. The summed E-state index contributed by atoms with van der Waals surface area (Å²) >= 11 is 5.34. The fourth-order valence-electron chi connectivity index (χ4n) is 3.66. The molecule has 7 nitrogen and oxygen atoms in total. The Hall–Kier alpha value is -3.46. The first kappa shape index (κ1) is 25.6. The Kier molecular flexibility index (Phi) is 10.1. The van der Waals surface area contributed by atoms with Gasteiger partial charge in [-0.25, -0.2) is 0 Å². The Bertz CT molecular complexity index is 1110. The lowest BCUT2D eigenvalue weighted by Gasteiger charge is -2.26. The number of rotatable bonds is 11. The van der Waals surface area contributed by atoms with Crippen LogP contribution >= 0.6 is 12.2 Å². The lowest BCUT2D eigenvalue weighted by molar-refractivity contribution is 0.0389. The highest BCUT2D eigenvalue weighted by Crippen LogP contribution is 2.29. The van der Waals surface area contributed by atoms with Gasteiger partial charge in [-0.05, 0) is 47.1 Å². The summed E-state index contributed by atoms with van der Waals surface area (Å²) < 4.78 is 17.6. The summed E-state index contributed by atoms with van der Waals surface area (Å²) in [6.45, 7) is 6.08. The molecule has 1 aliphatic rings. The molecular formula is C28H32N4O3S. The van der Waals surface area contributed by atoms with Crippen molar-refractivity contribution in [2.45, 2.75) is 13.2 Å². The molecule has 0 saturated carbocycles. The molecule has 0 unspecified atom stereocenters. The number of hydrazone groups is 1. The minimum atomic E-state index is 0.443. The number of benzene rings is 3. The molecule has 3 aromatic carbocycles. The van der Waals surface area contributed by atoms with Crippen LogP contribution in [0.4, 0.5) is 0 Å². The Balaban J connectivity index is 1.33. The van der Waals surface area contributed by atoms with Crippen LogP contribution in [-0.2, 0) is 18.0 Å². The van der Waals surface area contributed by atoms with Crippen LogP contribution in [0.25, 0.3) is 0 Å². The average Bonchev–Trinajstić information content (AvgIpc) is 2.93. The van der Waals surface area contributed by atoms with Gasteiger partial charge in [0.15, 0.2) is 16.6 Å². The van der Waals surface area contributed by atoms with E-state index in [1.807, 2.05) is 78.9 Å². The molecule has 1 aliphatic heterocycles. The van der Waals surface area contributed by atoms with Crippen LogP contribution in [0.2, 0.25) is 0 Å². The molecule has 0 spiro atoms. The Labute approximate surface area is 218 Å². The fraction of sp³-hybridized carbons (Fsp3) is 0.286. The van der Waals surface area contributed by atoms with Gasteiger partial charge in [0, 0.05) is 26.2 Å².